The second-order valence-electron chi connectivity index (χ2n) is 3.25. The van der Waals surface area contributed by atoms with Gasteiger partial charge in [0.2, 0.25) is 0 Å². The molecule has 17 heavy (non-hydrogen) atoms. The van der Waals surface area contributed by atoms with E-state index in [0.29, 0.717) is 11.5 Å². The van der Waals surface area contributed by atoms with E-state index in [4.69, 9.17) is 4.74 Å². The van der Waals surface area contributed by atoms with E-state index in [1.807, 2.05) is 48.7 Å². The van der Waals surface area contributed by atoms with E-state index < -0.39 is 0 Å². The SMILES string of the molecule is CCOC(=O)c1sccc1Sc1ccccc1. The van der Waals surface area contributed by atoms with Gasteiger partial charge in [-0.15, -0.1) is 11.3 Å². The van der Waals surface area contributed by atoms with E-state index in [9.17, 15) is 4.79 Å². The molecule has 0 N–H and O–H groups in total. The molecule has 0 bridgehead atoms. The summed E-state index contributed by atoms with van der Waals surface area (Å²) >= 11 is 3.01. The first-order valence-electron chi connectivity index (χ1n) is 5.28. The molecule has 0 aliphatic carbocycles. The number of hydrogen-bond donors (Lipinski definition) is 0. The van der Waals surface area contributed by atoms with Crippen molar-refractivity contribution in [1.82, 2.24) is 0 Å². The van der Waals surface area contributed by atoms with Crippen LogP contribution in [0, 0.1) is 0 Å². The summed E-state index contributed by atoms with van der Waals surface area (Å²) in [6, 6.07) is 11.9. The Kier molecular flexibility index (Phi) is 4.23. The summed E-state index contributed by atoms with van der Waals surface area (Å²) in [5, 5.41) is 1.91. The zero-order valence-corrected chi connectivity index (χ0v) is 11.0. The van der Waals surface area contributed by atoms with Crippen LogP contribution in [-0.2, 0) is 4.74 Å². The van der Waals surface area contributed by atoms with Crippen LogP contribution in [0.1, 0.15) is 16.6 Å². The lowest BCUT2D eigenvalue weighted by atomic mass is 10.4. The van der Waals surface area contributed by atoms with Crippen molar-refractivity contribution in [2.45, 2.75) is 16.7 Å². The van der Waals surface area contributed by atoms with Gasteiger partial charge in [0, 0.05) is 9.79 Å². The molecule has 0 aliphatic heterocycles. The van der Waals surface area contributed by atoms with Gasteiger partial charge in [0.15, 0.2) is 0 Å². The van der Waals surface area contributed by atoms with Crippen molar-refractivity contribution in [3.8, 4) is 0 Å². The number of esters is 1. The molecular weight excluding hydrogens is 252 g/mol. The maximum absolute atomic E-state index is 11.7. The molecule has 0 atom stereocenters. The predicted octanol–water partition coefficient (Wildman–Crippen LogP) is 4.08. The van der Waals surface area contributed by atoms with E-state index in [1.54, 1.807) is 11.8 Å². The maximum atomic E-state index is 11.7. The second kappa shape index (κ2) is 5.89. The number of benzene rings is 1. The first-order valence-corrected chi connectivity index (χ1v) is 6.98. The third-order valence-corrected chi connectivity index (χ3v) is 4.15. The monoisotopic (exact) mass is 264 g/mol. The minimum Gasteiger partial charge on any atom is -0.462 e. The lowest BCUT2D eigenvalue weighted by Gasteiger charge is -2.03. The van der Waals surface area contributed by atoms with Gasteiger partial charge in [-0.05, 0) is 30.5 Å². The molecule has 4 heteroatoms. The number of rotatable bonds is 4. The van der Waals surface area contributed by atoms with E-state index in [1.165, 1.54) is 11.3 Å². The van der Waals surface area contributed by atoms with Crippen LogP contribution in [0.15, 0.2) is 51.6 Å². The molecule has 1 aromatic carbocycles. The summed E-state index contributed by atoms with van der Waals surface area (Å²) in [5.74, 6) is -0.235. The van der Waals surface area contributed by atoms with Gasteiger partial charge in [-0.25, -0.2) is 4.79 Å². The average Bonchev–Trinajstić information content (AvgIpc) is 2.79. The summed E-state index contributed by atoms with van der Waals surface area (Å²) in [6.07, 6.45) is 0. The van der Waals surface area contributed by atoms with Crippen LogP contribution in [0.2, 0.25) is 0 Å². The molecule has 1 heterocycles. The quantitative estimate of drug-likeness (QED) is 0.778. The first kappa shape index (κ1) is 12.2. The van der Waals surface area contributed by atoms with Crippen molar-refractivity contribution in [3.05, 3.63) is 46.7 Å². The molecule has 0 saturated carbocycles. The lowest BCUT2D eigenvalue weighted by molar-refractivity contribution is 0.0528. The van der Waals surface area contributed by atoms with Gasteiger partial charge >= 0.3 is 5.97 Å². The van der Waals surface area contributed by atoms with Gasteiger partial charge in [-0.1, -0.05) is 30.0 Å². The van der Waals surface area contributed by atoms with Crippen molar-refractivity contribution in [1.29, 1.82) is 0 Å². The Morgan fingerprint density at radius 2 is 2.06 bits per heavy atom. The summed E-state index contributed by atoms with van der Waals surface area (Å²) in [7, 11) is 0. The molecule has 0 amide bonds. The van der Waals surface area contributed by atoms with Gasteiger partial charge in [-0.2, -0.15) is 0 Å². The second-order valence-corrected chi connectivity index (χ2v) is 5.28. The van der Waals surface area contributed by atoms with Crippen molar-refractivity contribution in [3.63, 3.8) is 0 Å². The maximum Gasteiger partial charge on any atom is 0.349 e. The largest absolute Gasteiger partial charge is 0.462 e. The third kappa shape index (κ3) is 3.11. The Morgan fingerprint density at radius 3 is 2.76 bits per heavy atom. The molecule has 2 aromatic rings. The highest BCUT2D eigenvalue weighted by Crippen LogP contribution is 2.33. The fourth-order valence-corrected chi connectivity index (χ4v) is 3.23. The van der Waals surface area contributed by atoms with E-state index in [0.717, 1.165) is 9.79 Å². The van der Waals surface area contributed by atoms with Gasteiger partial charge in [0.25, 0.3) is 0 Å². The standard InChI is InChI=1S/C13H12O2S2/c1-2-15-13(14)12-11(8-9-16-12)17-10-6-4-3-5-7-10/h3-9H,2H2,1H3. The van der Waals surface area contributed by atoms with Crippen molar-refractivity contribution < 1.29 is 9.53 Å². The fraction of sp³-hybridized carbons (Fsp3) is 0.154. The number of carbonyl (C=O) groups is 1. The third-order valence-electron chi connectivity index (χ3n) is 2.06. The Morgan fingerprint density at radius 1 is 1.29 bits per heavy atom. The van der Waals surface area contributed by atoms with Gasteiger partial charge in [0.05, 0.1) is 6.61 Å². The Balaban J connectivity index is 2.17. The van der Waals surface area contributed by atoms with Crippen LogP contribution in [0.4, 0.5) is 0 Å². The number of hydrogen-bond acceptors (Lipinski definition) is 4. The fourth-order valence-electron chi connectivity index (χ4n) is 1.34. The smallest absolute Gasteiger partial charge is 0.349 e. The van der Waals surface area contributed by atoms with Crippen LogP contribution in [0.3, 0.4) is 0 Å². The Labute approximate surface area is 109 Å². The van der Waals surface area contributed by atoms with Crippen molar-refractivity contribution in [2.75, 3.05) is 6.61 Å². The normalized spacial score (nSPS) is 10.2. The topological polar surface area (TPSA) is 26.3 Å². The van der Waals surface area contributed by atoms with E-state index in [-0.39, 0.29) is 5.97 Å². The molecule has 88 valence electrons. The Hall–Kier alpha value is -1.26. The average molecular weight is 264 g/mol. The highest BCUT2D eigenvalue weighted by Gasteiger charge is 2.14. The van der Waals surface area contributed by atoms with Crippen LogP contribution in [-0.4, -0.2) is 12.6 Å². The zero-order chi connectivity index (χ0) is 12.1. The summed E-state index contributed by atoms with van der Waals surface area (Å²) in [4.78, 5) is 14.5. The van der Waals surface area contributed by atoms with Crippen LogP contribution < -0.4 is 0 Å². The zero-order valence-electron chi connectivity index (χ0n) is 9.38. The lowest BCUT2D eigenvalue weighted by Crippen LogP contribution is -2.03. The van der Waals surface area contributed by atoms with Gasteiger partial charge in [0.1, 0.15) is 4.88 Å². The van der Waals surface area contributed by atoms with Crippen molar-refractivity contribution >= 4 is 29.1 Å². The molecule has 2 nitrogen and oxygen atoms in total. The molecule has 0 saturated heterocycles. The number of carbonyl (C=O) groups excluding carboxylic acids is 1. The minimum absolute atomic E-state index is 0.235. The first-order chi connectivity index (χ1) is 8.31. The number of ether oxygens (including phenoxy) is 1. The summed E-state index contributed by atoms with van der Waals surface area (Å²) in [5.41, 5.74) is 0. The molecule has 0 radical (unpaired) electrons. The van der Waals surface area contributed by atoms with E-state index in [2.05, 4.69) is 0 Å². The molecule has 2 rings (SSSR count). The minimum atomic E-state index is -0.235. The molecule has 0 unspecified atom stereocenters. The summed E-state index contributed by atoms with van der Waals surface area (Å²) in [6.45, 7) is 2.22. The van der Waals surface area contributed by atoms with Gasteiger partial charge in [-0.3, -0.25) is 0 Å². The molecule has 0 spiro atoms. The number of thiophene rings is 1. The highest BCUT2D eigenvalue weighted by molar-refractivity contribution is 7.99. The molecular formula is C13H12O2S2. The summed E-state index contributed by atoms with van der Waals surface area (Å²) < 4.78 is 5.02. The van der Waals surface area contributed by atoms with Crippen LogP contribution in [0.25, 0.3) is 0 Å². The van der Waals surface area contributed by atoms with Crippen LogP contribution >= 0.6 is 23.1 Å². The highest BCUT2D eigenvalue weighted by atomic mass is 32.2. The van der Waals surface area contributed by atoms with Gasteiger partial charge < -0.3 is 4.74 Å². The molecule has 0 fully saturated rings. The molecule has 1 aromatic heterocycles. The predicted molar refractivity (Wildman–Crippen MR) is 70.8 cm³/mol. The Bertz CT molecular complexity index is 491. The van der Waals surface area contributed by atoms with Crippen molar-refractivity contribution in [2.24, 2.45) is 0 Å². The molecule has 0 aliphatic rings. The van der Waals surface area contributed by atoms with E-state index >= 15 is 0 Å². The van der Waals surface area contributed by atoms with Crippen LogP contribution in [0.5, 0.6) is 0 Å².